The molecule has 0 spiro atoms. The molecule has 32 heavy (non-hydrogen) atoms. The first-order chi connectivity index (χ1) is 15.2. The predicted octanol–water partition coefficient (Wildman–Crippen LogP) is 5.37. The van der Waals surface area contributed by atoms with Crippen LogP contribution in [0.2, 0.25) is 0 Å². The number of carbonyl (C=O) groups excluding carboxylic acids is 1. The van der Waals surface area contributed by atoms with Crippen molar-refractivity contribution in [3.8, 4) is 0 Å². The second-order valence-electron chi connectivity index (χ2n) is 7.69. The van der Waals surface area contributed by atoms with E-state index in [1.165, 1.54) is 16.4 Å². The molecular weight excluding hydrogens is 535 g/mol. The first-order valence-electron chi connectivity index (χ1n) is 10.4. The third-order valence-corrected chi connectivity index (χ3v) is 7.78. The third-order valence-electron chi connectivity index (χ3n) is 5.28. The molecule has 0 heterocycles. The molecule has 0 saturated heterocycles. The third kappa shape index (κ3) is 5.69. The van der Waals surface area contributed by atoms with Crippen molar-refractivity contribution in [2.24, 2.45) is 0 Å². The number of benzene rings is 3. The number of sulfonamides is 1. The smallest absolute Gasteiger partial charge is 0.264 e. The van der Waals surface area contributed by atoms with E-state index in [2.05, 4.69) is 34.0 Å². The van der Waals surface area contributed by atoms with E-state index < -0.39 is 10.0 Å². The van der Waals surface area contributed by atoms with Crippen molar-refractivity contribution in [1.29, 1.82) is 0 Å². The summed E-state index contributed by atoms with van der Waals surface area (Å²) in [6, 6.07) is 21.2. The normalized spacial score (nSPS) is 12.2. The lowest BCUT2D eigenvalue weighted by Crippen LogP contribution is -2.42. The summed E-state index contributed by atoms with van der Waals surface area (Å²) in [7, 11) is -3.91. The topological polar surface area (TPSA) is 66.5 Å². The van der Waals surface area contributed by atoms with E-state index in [0.29, 0.717) is 12.1 Å². The van der Waals surface area contributed by atoms with Gasteiger partial charge in [0, 0.05) is 3.57 Å². The Morgan fingerprint density at radius 3 is 2.25 bits per heavy atom. The standard InChI is InChI=1S/C25H27IN2O3S/c1-4-24(23-15-10-18(2)16-19(23)3)27-25(29)17-28(21-13-11-20(26)12-14-21)32(30,31)22-8-6-5-7-9-22/h5-16,24H,4,17H2,1-3H3,(H,27,29). The number of carbonyl (C=O) groups is 1. The minimum Gasteiger partial charge on any atom is -0.348 e. The first-order valence-corrected chi connectivity index (χ1v) is 12.9. The van der Waals surface area contributed by atoms with Crippen molar-refractivity contribution >= 4 is 44.2 Å². The summed E-state index contributed by atoms with van der Waals surface area (Å²) >= 11 is 2.16. The van der Waals surface area contributed by atoms with Crippen LogP contribution in [0.3, 0.4) is 0 Å². The fourth-order valence-corrected chi connectivity index (χ4v) is 5.43. The zero-order chi connectivity index (χ0) is 23.3. The number of halogens is 1. The molecule has 0 aliphatic carbocycles. The van der Waals surface area contributed by atoms with Crippen molar-refractivity contribution < 1.29 is 13.2 Å². The van der Waals surface area contributed by atoms with Crippen molar-refractivity contribution in [2.75, 3.05) is 10.8 Å². The van der Waals surface area contributed by atoms with Gasteiger partial charge in [-0.15, -0.1) is 0 Å². The summed E-state index contributed by atoms with van der Waals surface area (Å²) in [6.45, 7) is 5.75. The SMILES string of the molecule is CCC(NC(=O)CN(c1ccc(I)cc1)S(=O)(=O)c1ccccc1)c1ccc(C)cc1C. The quantitative estimate of drug-likeness (QED) is 0.376. The van der Waals surface area contributed by atoms with E-state index in [-0.39, 0.29) is 23.4 Å². The maximum absolute atomic E-state index is 13.4. The van der Waals surface area contributed by atoms with Gasteiger partial charge in [0.15, 0.2) is 0 Å². The number of nitrogens with zero attached hydrogens (tertiary/aromatic N) is 1. The van der Waals surface area contributed by atoms with Gasteiger partial charge in [-0.25, -0.2) is 8.42 Å². The largest absolute Gasteiger partial charge is 0.348 e. The molecule has 0 aliphatic rings. The highest BCUT2D eigenvalue weighted by molar-refractivity contribution is 14.1. The highest BCUT2D eigenvalue weighted by atomic mass is 127. The zero-order valence-electron chi connectivity index (χ0n) is 18.4. The predicted molar refractivity (Wildman–Crippen MR) is 137 cm³/mol. The lowest BCUT2D eigenvalue weighted by Gasteiger charge is -2.26. The molecule has 0 bridgehead atoms. The van der Waals surface area contributed by atoms with Crippen LogP contribution in [0.5, 0.6) is 0 Å². The van der Waals surface area contributed by atoms with Crippen molar-refractivity contribution in [3.63, 3.8) is 0 Å². The molecule has 168 valence electrons. The molecule has 1 unspecified atom stereocenters. The Morgan fingerprint density at radius 1 is 1.00 bits per heavy atom. The average molecular weight is 562 g/mol. The Morgan fingerprint density at radius 2 is 1.66 bits per heavy atom. The molecule has 3 aromatic rings. The Bertz CT molecular complexity index is 1180. The van der Waals surface area contributed by atoms with Crippen LogP contribution in [-0.2, 0) is 14.8 Å². The molecule has 7 heteroatoms. The molecular formula is C25H27IN2O3S. The summed E-state index contributed by atoms with van der Waals surface area (Å²) in [5, 5.41) is 3.03. The van der Waals surface area contributed by atoms with Gasteiger partial charge in [-0.05, 0) is 90.4 Å². The molecule has 1 atom stereocenters. The summed E-state index contributed by atoms with van der Waals surface area (Å²) in [4.78, 5) is 13.2. The Hall–Kier alpha value is -2.39. The Kier molecular flexibility index (Phi) is 7.95. The highest BCUT2D eigenvalue weighted by Crippen LogP contribution is 2.25. The van der Waals surface area contributed by atoms with Gasteiger partial charge in [0.25, 0.3) is 10.0 Å². The fraction of sp³-hybridized carbons (Fsp3) is 0.240. The first kappa shape index (κ1) is 24.3. The van der Waals surface area contributed by atoms with Gasteiger partial charge in [0.1, 0.15) is 6.54 Å². The van der Waals surface area contributed by atoms with Crippen LogP contribution in [0.25, 0.3) is 0 Å². The van der Waals surface area contributed by atoms with Crippen molar-refractivity contribution in [2.45, 2.75) is 38.1 Å². The van der Waals surface area contributed by atoms with Gasteiger partial charge in [0.2, 0.25) is 5.91 Å². The van der Waals surface area contributed by atoms with E-state index in [1.54, 1.807) is 30.3 Å². The van der Waals surface area contributed by atoms with Crippen molar-refractivity contribution in [1.82, 2.24) is 5.32 Å². The summed E-state index contributed by atoms with van der Waals surface area (Å²) in [6.07, 6.45) is 0.699. The molecule has 0 radical (unpaired) electrons. The van der Waals surface area contributed by atoms with E-state index in [1.807, 2.05) is 45.0 Å². The molecule has 0 aromatic heterocycles. The van der Waals surface area contributed by atoms with Crippen LogP contribution in [0.15, 0.2) is 77.7 Å². The second kappa shape index (κ2) is 10.5. The van der Waals surface area contributed by atoms with Gasteiger partial charge in [0.05, 0.1) is 16.6 Å². The van der Waals surface area contributed by atoms with E-state index in [4.69, 9.17) is 0 Å². The summed E-state index contributed by atoms with van der Waals surface area (Å²) in [5.41, 5.74) is 3.75. The maximum atomic E-state index is 13.4. The van der Waals surface area contributed by atoms with Crippen LogP contribution >= 0.6 is 22.6 Å². The Labute approximate surface area is 204 Å². The van der Waals surface area contributed by atoms with Crippen LogP contribution < -0.4 is 9.62 Å². The van der Waals surface area contributed by atoms with Crippen LogP contribution in [0.4, 0.5) is 5.69 Å². The lowest BCUT2D eigenvalue weighted by atomic mass is 9.97. The second-order valence-corrected chi connectivity index (χ2v) is 10.8. The number of aryl methyl sites for hydroxylation is 2. The Balaban J connectivity index is 1.90. The van der Waals surface area contributed by atoms with Gasteiger partial charge in [-0.3, -0.25) is 9.10 Å². The van der Waals surface area contributed by atoms with Gasteiger partial charge in [-0.2, -0.15) is 0 Å². The number of nitrogens with one attached hydrogen (secondary N) is 1. The zero-order valence-corrected chi connectivity index (χ0v) is 21.4. The minimum absolute atomic E-state index is 0.146. The maximum Gasteiger partial charge on any atom is 0.264 e. The van der Waals surface area contributed by atoms with Gasteiger partial charge in [-0.1, -0.05) is 48.9 Å². The molecule has 0 fully saturated rings. The van der Waals surface area contributed by atoms with Crippen molar-refractivity contribution in [3.05, 3.63) is 93.1 Å². The van der Waals surface area contributed by atoms with Gasteiger partial charge >= 0.3 is 0 Å². The summed E-state index contributed by atoms with van der Waals surface area (Å²) in [5.74, 6) is -0.352. The summed E-state index contributed by atoms with van der Waals surface area (Å²) < 4.78 is 29.0. The van der Waals surface area contributed by atoms with E-state index in [0.717, 1.165) is 20.3 Å². The number of hydrogen-bond donors (Lipinski definition) is 1. The lowest BCUT2D eigenvalue weighted by molar-refractivity contribution is -0.120. The number of anilines is 1. The fourth-order valence-electron chi connectivity index (χ4n) is 3.63. The van der Waals surface area contributed by atoms with E-state index in [9.17, 15) is 13.2 Å². The monoisotopic (exact) mass is 562 g/mol. The molecule has 3 rings (SSSR count). The number of rotatable bonds is 8. The molecule has 1 amide bonds. The molecule has 1 N–H and O–H groups in total. The van der Waals surface area contributed by atoms with Crippen LogP contribution in [-0.4, -0.2) is 20.9 Å². The molecule has 0 aliphatic heterocycles. The molecule has 0 saturated carbocycles. The minimum atomic E-state index is -3.91. The van der Waals surface area contributed by atoms with E-state index >= 15 is 0 Å². The molecule has 3 aromatic carbocycles. The number of hydrogen-bond acceptors (Lipinski definition) is 3. The van der Waals surface area contributed by atoms with Gasteiger partial charge < -0.3 is 5.32 Å². The highest BCUT2D eigenvalue weighted by Gasteiger charge is 2.28. The molecule has 5 nitrogen and oxygen atoms in total. The number of amides is 1. The average Bonchev–Trinajstić information content (AvgIpc) is 2.77. The van der Waals surface area contributed by atoms with Crippen LogP contribution in [0, 0.1) is 17.4 Å². The van der Waals surface area contributed by atoms with Crippen LogP contribution in [0.1, 0.15) is 36.1 Å².